The van der Waals surface area contributed by atoms with Gasteiger partial charge in [-0.05, 0) is 46.3 Å². The fourth-order valence-electron chi connectivity index (χ4n) is 3.46. The first kappa shape index (κ1) is 16.7. The Balaban J connectivity index is 2.46. The van der Waals surface area contributed by atoms with Gasteiger partial charge in [0.05, 0.1) is 0 Å². The fourth-order valence-corrected chi connectivity index (χ4v) is 4.73. The maximum atomic E-state index is 12.6. The highest BCUT2D eigenvalue weighted by Crippen LogP contribution is 2.43. The molecule has 23 heavy (non-hydrogen) atoms. The topological polar surface area (TPSA) is 30.2 Å². The van der Waals surface area contributed by atoms with E-state index in [2.05, 4.69) is 53.7 Å². The van der Waals surface area contributed by atoms with Gasteiger partial charge in [0.2, 0.25) is 5.30 Å². The first-order valence-corrected chi connectivity index (χ1v) is 9.83. The van der Waals surface area contributed by atoms with Crippen molar-refractivity contribution in [2.24, 2.45) is 0 Å². The van der Waals surface area contributed by atoms with E-state index in [9.17, 15) is 4.57 Å². The van der Waals surface area contributed by atoms with Crippen molar-refractivity contribution in [2.45, 2.75) is 78.1 Å². The summed E-state index contributed by atoms with van der Waals surface area (Å²) in [7, 11) is -1.71. The van der Waals surface area contributed by atoms with Gasteiger partial charge in [0.1, 0.15) is 0 Å². The molecule has 0 aliphatic heterocycles. The summed E-state index contributed by atoms with van der Waals surface area (Å²) in [4.78, 5) is 0. The number of hydrogen-bond acceptors (Lipinski definition) is 2. The second-order valence-corrected chi connectivity index (χ2v) is 10.1. The summed E-state index contributed by atoms with van der Waals surface area (Å²) in [5, 5.41) is 2.26. The molecule has 3 heteroatoms. The Morgan fingerprint density at radius 1 is 0.957 bits per heavy atom. The highest BCUT2D eigenvalue weighted by Gasteiger charge is 2.31. The van der Waals surface area contributed by atoms with Crippen molar-refractivity contribution >= 4 is 18.6 Å². The molecular weight excluding hydrogens is 303 g/mol. The van der Waals surface area contributed by atoms with Crippen LogP contribution in [-0.4, -0.2) is 0 Å². The fraction of sp³-hybridized carbons (Fsp3) is 0.600. The van der Waals surface area contributed by atoms with Gasteiger partial charge >= 0.3 is 7.65 Å². The number of hydrogen-bond donors (Lipinski definition) is 0. The van der Waals surface area contributed by atoms with E-state index in [-0.39, 0.29) is 10.8 Å². The predicted molar refractivity (Wildman–Crippen MR) is 97.9 cm³/mol. The summed E-state index contributed by atoms with van der Waals surface area (Å²) in [5.74, 6) is 0. The number of rotatable bonds is 0. The van der Waals surface area contributed by atoms with Crippen LogP contribution in [0.25, 0.3) is 11.0 Å². The number of fused-ring (bicyclic) bond motifs is 3. The molecular formula is C20H28O2P+. The van der Waals surface area contributed by atoms with Crippen molar-refractivity contribution in [3.8, 4) is 0 Å². The average molecular weight is 331 g/mol. The Morgan fingerprint density at radius 2 is 1.61 bits per heavy atom. The Kier molecular flexibility index (Phi) is 3.96. The standard InChI is InChI=1S/C20H28O2P/c1-19(2,3)13-11-15-14-9-7-8-10-17(14)23(21)22-18(15)16(12-13)20(4,5)6/h11-12H,7-10H2,1-6H3/q+1. The van der Waals surface area contributed by atoms with Crippen LogP contribution < -0.4 is 0 Å². The van der Waals surface area contributed by atoms with Gasteiger partial charge in [0.25, 0.3) is 0 Å². The zero-order valence-corrected chi connectivity index (χ0v) is 16.1. The van der Waals surface area contributed by atoms with Gasteiger partial charge in [-0.3, -0.25) is 0 Å². The van der Waals surface area contributed by atoms with Crippen molar-refractivity contribution in [1.29, 1.82) is 0 Å². The first-order chi connectivity index (χ1) is 10.6. The molecule has 1 aromatic heterocycles. The van der Waals surface area contributed by atoms with Gasteiger partial charge in [0.15, 0.2) is 5.58 Å². The van der Waals surface area contributed by atoms with Crippen molar-refractivity contribution in [3.05, 3.63) is 34.1 Å². The normalized spacial score (nSPS) is 16.5. The smallest absolute Gasteiger partial charge is 0.250 e. The van der Waals surface area contributed by atoms with Gasteiger partial charge in [0, 0.05) is 22.9 Å². The molecule has 2 nitrogen and oxygen atoms in total. The van der Waals surface area contributed by atoms with Crippen LogP contribution in [0.3, 0.4) is 0 Å². The summed E-state index contributed by atoms with van der Waals surface area (Å²) in [6.07, 6.45) is 4.27. The predicted octanol–water partition coefficient (Wildman–Crippen LogP) is 6.65. The second-order valence-electron chi connectivity index (χ2n) is 8.88. The molecule has 0 saturated heterocycles. The zero-order valence-electron chi connectivity index (χ0n) is 15.2. The Hall–Kier alpha value is -1.14. The maximum absolute atomic E-state index is 12.6. The van der Waals surface area contributed by atoms with Crippen molar-refractivity contribution in [1.82, 2.24) is 0 Å². The molecule has 0 N–H and O–H groups in total. The molecule has 1 atom stereocenters. The number of aryl methyl sites for hydroxylation is 1. The lowest BCUT2D eigenvalue weighted by molar-refractivity contribution is 0.541. The van der Waals surface area contributed by atoms with Crippen LogP contribution in [0.2, 0.25) is 0 Å². The van der Waals surface area contributed by atoms with E-state index < -0.39 is 7.65 Å². The third-order valence-electron chi connectivity index (χ3n) is 4.92. The molecule has 0 spiro atoms. The zero-order chi connectivity index (χ0) is 17.0. The molecule has 1 heterocycles. The second kappa shape index (κ2) is 5.45. The van der Waals surface area contributed by atoms with Crippen LogP contribution in [-0.2, 0) is 28.2 Å². The largest absolute Gasteiger partial charge is 0.593 e. The third-order valence-corrected chi connectivity index (χ3v) is 6.20. The highest BCUT2D eigenvalue weighted by molar-refractivity contribution is 7.31. The molecule has 0 radical (unpaired) electrons. The van der Waals surface area contributed by atoms with Crippen LogP contribution in [0.5, 0.6) is 0 Å². The van der Waals surface area contributed by atoms with Gasteiger partial charge in [-0.1, -0.05) is 47.6 Å². The summed E-state index contributed by atoms with van der Waals surface area (Å²) in [6.45, 7) is 13.4. The van der Waals surface area contributed by atoms with Gasteiger partial charge < -0.3 is 0 Å². The average Bonchev–Trinajstić information content (AvgIpc) is 2.44. The minimum Gasteiger partial charge on any atom is -0.250 e. The maximum Gasteiger partial charge on any atom is 0.593 e. The van der Waals surface area contributed by atoms with Gasteiger partial charge in [-0.15, -0.1) is 0 Å². The molecule has 0 fully saturated rings. The van der Waals surface area contributed by atoms with Crippen LogP contribution >= 0.6 is 7.65 Å². The van der Waals surface area contributed by atoms with E-state index in [1.165, 1.54) is 28.5 Å². The summed E-state index contributed by atoms with van der Waals surface area (Å²) < 4.78 is 18.6. The quantitative estimate of drug-likeness (QED) is 0.541. The molecule has 1 aliphatic rings. The molecule has 0 bridgehead atoms. The molecule has 124 valence electrons. The third kappa shape index (κ3) is 2.98. The SMILES string of the molecule is CC(C)(C)c1cc(C(C)(C)C)c2o[p+](=O)c3c(c2c1)CCCC3. The van der Waals surface area contributed by atoms with Crippen molar-refractivity contribution in [3.63, 3.8) is 0 Å². The minimum absolute atomic E-state index is 0.0335. The summed E-state index contributed by atoms with van der Waals surface area (Å²) >= 11 is 0. The molecule has 1 unspecified atom stereocenters. The Labute approximate surface area is 140 Å². The Morgan fingerprint density at radius 3 is 2.22 bits per heavy atom. The van der Waals surface area contributed by atoms with Crippen molar-refractivity contribution < 1.29 is 8.76 Å². The van der Waals surface area contributed by atoms with E-state index in [4.69, 9.17) is 4.20 Å². The van der Waals surface area contributed by atoms with Crippen LogP contribution in [0.15, 0.2) is 16.3 Å². The van der Waals surface area contributed by atoms with E-state index in [0.29, 0.717) is 0 Å². The molecule has 3 rings (SSSR count). The molecule has 0 saturated carbocycles. The van der Waals surface area contributed by atoms with Crippen molar-refractivity contribution in [2.75, 3.05) is 0 Å². The molecule has 1 aliphatic carbocycles. The number of benzene rings is 1. The minimum atomic E-state index is -1.71. The van der Waals surface area contributed by atoms with E-state index in [1.807, 2.05) is 0 Å². The van der Waals surface area contributed by atoms with Crippen LogP contribution in [0.1, 0.15) is 76.4 Å². The Bertz CT molecular complexity index is 817. The van der Waals surface area contributed by atoms with E-state index in [0.717, 1.165) is 30.1 Å². The lowest BCUT2D eigenvalue weighted by Gasteiger charge is -2.26. The summed E-state index contributed by atoms with van der Waals surface area (Å²) in [5.41, 5.74) is 4.74. The molecule has 0 amide bonds. The van der Waals surface area contributed by atoms with Gasteiger partial charge in [-0.25, -0.2) is 4.20 Å². The van der Waals surface area contributed by atoms with Crippen LogP contribution in [0.4, 0.5) is 0 Å². The van der Waals surface area contributed by atoms with E-state index >= 15 is 0 Å². The lowest BCUT2D eigenvalue weighted by atomic mass is 9.78. The molecule has 2 aromatic rings. The lowest BCUT2D eigenvalue weighted by Crippen LogP contribution is -2.17. The van der Waals surface area contributed by atoms with Gasteiger partial charge in [-0.2, -0.15) is 0 Å². The monoisotopic (exact) mass is 331 g/mol. The highest BCUT2D eigenvalue weighted by atomic mass is 31.1. The van der Waals surface area contributed by atoms with Crippen LogP contribution in [0, 0.1) is 0 Å². The molecule has 1 aromatic carbocycles. The van der Waals surface area contributed by atoms with E-state index in [1.54, 1.807) is 0 Å². The first-order valence-electron chi connectivity index (χ1n) is 8.65. The summed E-state index contributed by atoms with van der Waals surface area (Å²) in [6, 6.07) is 4.55.